The summed E-state index contributed by atoms with van der Waals surface area (Å²) in [5, 5.41) is 11.8. The summed E-state index contributed by atoms with van der Waals surface area (Å²) in [5.41, 5.74) is 5.60. The number of nitrogens with two attached hydrogens (primary N) is 1. The molecule has 1 saturated carbocycles. The van der Waals surface area contributed by atoms with E-state index >= 15 is 0 Å². The predicted molar refractivity (Wildman–Crippen MR) is 43.8 cm³/mol. The maximum absolute atomic E-state index is 8.48. The first kappa shape index (κ1) is 8.51. The molecule has 1 rings (SSSR count). The van der Waals surface area contributed by atoms with E-state index in [-0.39, 0.29) is 5.92 Å². The van der Waals surface area contributed by atoms with Crippen LogP contribution in [0.2, 0.25) is 0 Å². The van der Waals surface area contributed by atoms with E-state index in [4.69, 9.17) is 11.0 Å². The molecule has 1 aliphatic rings. The minimum Gasteiger partial charge on any atom is -0.328 e. The molecule has 0 spiro atoms. The van der Waals surface area contributed by atoms with Crippen LogP contribution in [0.3, 0.4) is 0 Å². The lowest BCUT2D eigenvalue weighted by atomic mass is 9.87. The summed E-state index contributed by atoms with van der Waals surface area (Å²) in [5.74, 6) is 0.117. The highest BCUT2D eigenvalue weighted by Crippen LogP contribution is 2.17. The molecule has 0 amide bonds. The normalized spacial score (nSPS) is 32.1. The summed E-state index contributed by atoms with van der Waals surface area (Å²) in [6.45, 7) is 2.72. The van der Waals surface area contributed by atoms with Crippen LogP contribution in [0.4, 0.5) is 0 Å². The summed E-state index contributed by atoms with van der Waals surface area (Å²) in [7, 11) is 0. The Morgan fingerprint density at radius 3 is 2.82 bits per heavy atom. The molecule has 0 saturated heterocycles. The van der Waals surface area contributed by atoms with Crippen molar-refractivity contribution in [2.75, 3.05) is 6.54 Å². The highest BCUT2D eigenvalue weighted by molar-refractivity contribution is 4.89. The highest BCUT2D eigenvalue weighted by atomic mass is 15.0. The Hall–Kier alpha value is -0.590. The van der Waals surface area contributed by atoms with Gasteiger partial charge in [-0.15, -0.1) is 0 Å². The average Bonchev–Trinajstić information content (AvgIpc) is 1.95. The minimum absolute atomic E-state index is 0.117. The van der Waals surface area contributed by atoms with Gasteiger partial charge in [-0.25, -0.2) is 0 Å². The Balaban J connectivity index is 2.01. The average molecular weight is 153 g/mol. The van der Waals surface area contributed by atoms with Crippen LogP contribution in [0.15, 0.2) is 0 Å². The molecular formula is C8H15N3. The maximum atomic E-state index is 8.48. The van der Waals surface area contributed by atoms with E-state index in [2.05, 4.69) is 11.4 Å². The van der Waals surface area contributed by atoms with Gasteiger partial charge < -0.3 is 11.1 Å². The predicted octanol–water partition coefficient (Wildman–Crippen LogP) is 0.225. The van der Waals surface area contributed by atoms with Gasteiger partial charge in [0.25, 0.3) is 0 Å². The van der Waals surface area contributed by atoms with Gasteiger partial charge in [-0.3, -0.25) is 0 Å². The third-order valence-electron chi connectivity index (χ3n) is 2.11. The summed E-state index contributed by atoms with van der Waals surface area (Å²) in [6.07, 6.45) is 2.14. The molecule has 62 valence electrons. The van der Waals surface area contributed by atoms with Crippen LogP contribution in [0.5, 0.6) is 0 Å². The third kappa shape index (κ3) is 2.49. The zero-order chi connectivity index (χ0) is 8.27. The minimum atomic E-state index is 0.117. The standard InChI is InChI=1S/C8H15N3/c1-6(4-9)5-11-8-2-7(10)3-8/h6-8,11H,2-3,5,10H2,1H3. The first-order valence-electron chi connectivity index (χ1n) is 4.11. The van der Waals surface area contributed by atoms with Crippen molar-refractivity contribution in [1.29, 1.82) is 5.26 Å². The van der Waals surface area contributed by atoms with Gasteiger partial charge in [0.2, 0.25) is 0 Å². The smallest absolute Gasteiger partial charge is 0.0666 e. The van der Waals surface area contributed by atoms with Crippen LogP contribution in [-0.4, -0.2) is 18.6 Å². The molecule has 1 fully saturated rings. The third-order valence-corrected chi connectivity index (χ3v) is 2.11. The van der Waals surface area contributed by atoms with Crippen LogP contribution in [-0.2, 0) is 0 Å². The second-order valence-corrected chi connectivity index (χ2v) is 3.37. The van der Waals surface area contributed by atoms with Crippen molar-refractivity contribution >= 4 is 0 Å². The van der Waals surface area contributed by atoms with Crippen LogP contribution >= 0.6 is 0 Å². The number of nitrogens with zero attached hydrogens (tertiary/aromatic N) is 1. The molecule has 0 aliphatic heterocycles. The Kier molecular flexibility index (Phi) is 2.86. The molecular weight excluding hydrogens is 138 g/mol. The molecule has 0 bridgehead atoms. The van der Waals surface area contributed by atoms with Crippen molar-refractivity contribution in [1.82, 2.24) is 5.32 Å². The number of hydrogen-bond donors (Lipinski definition) is 2. The molecule has 3 nitrogen and oxygen atoms in total. The van der Waals surface area contributed by atoms with Crippen LogP contribution in [0, 0.1) is 17.2 Å². The fourth-order valence-electron chi connectivity index (χ4n) is 1.22. The highest BCUT2D eigenvalue weighted by Gasteiger charge is 2.25. The second kappa shape index (κ2) is 3.70. The van der Waals surface area contributed by atoms with Gasteiger partial charge in [0, 0.05) is 18.6 Å². The van der Waals surface area contributed by atoms with E-state index in [1.807, 2.05) is 6.92 Å². The molecule has 0 aromatic heterocycles. The number of nitriles is 1. The zero-order valence-corrected chi connectivity index (χ0v) is 6.88. The van der Waals surface area contributed by atoms with E-state index in [0.717, 1.165) is 19.4 Å². The quantitative estimate of drug-likeness (QED) is 0.610. The number of rotatable bonds is 3. The van der Waals surface area contributed by atoms with Gasteiger partial charge in [-0.2, -0.15) is 5.26 Å². The topological polar surface area (TPSA) is 61.8 Å². The van der Waals surface area contributed by atoms with Crippen molar-refractivity contribution in [3.8, 4) is 6.07 Å². The first-order chi connectivity index (χ1) is 5.22. The van der Waals surface area contributed by atoms with Crippen molar-refractivity contribution < 1.29 is 0 Å². The van der Waals surface area contributed by atoms with E-state index < -0.39 is 0 Å². The van der Waals surface area contributed by atoms with Crippen molar-refractivity contribution in [3.05, 3.63) is 0 Å². The van der Waals surface area contributed by atoms with E-state index in [1.165, 1.54) is 0 Å². The maximum Gasteiger partial charge on any atom is 0.0666 e. The Morgan fingerprint density at radius 2 is 2.36 bits per heavy atom. The lowest BCUT2D eigenvalue weighted by Crippen LogP contribution is -2.49. The van der Waals surface area contributed by atoms with Gasteiger partial charge in [0.05, 0.1) is 12.0 Å². The van der Waals surface area contributed by atoms with Crippen molar-refractivity contribution in [2.24, 2.45) is 11.7 Å². The van der Waals surface area contributed by atoms with Crippen molar-refractivity contribution in [2.45, 2.75) is 31.8 Å². The molecule has 1 atom stereocenters. The molecule has 3 heteroatoms. The van der Waals surface area contributed by atoms with Gasteiger partial charge in [-0.05, 0) is 19.8 Å². The monoisotopic (exact) mass is 153 g/mol. The lowest BCUT2D eigenvalue weighted by Gasteiger charge is -2.33. The van der Waals surface area contributed by atoms with E-state index in [1.54, 1.807) is 0 Å². The second-order valence-electron chi connectivity index (χ2n) is 3.37. The van der Waals surface area contributed by atoms with Crippen LogP contribution in [0.1, 0.15) is 19.8 Å². The molecule has 0 aromatic carbocycles. The first-order valence-corrected chi connectivity index (χ1v) is 4.11. The molecule has 3 N–H and O–H groups in total. The van der Waals surface area contributed by atoms with Crippen molar-refractivity contribution in [3.63, 3.8) is 0 Å². The van der Waals surface area contributed by atoms with Crippen LogP contribution in [0.25, 0.3) is 0 Å². The van der Waals surface area contributed by atoms with E-state index in [0.29, 0.717) is 12.1 Å². The van der Waals surface area contributed by atoms with Gasteiger partial charge in [0.1, 0.15) is 0 Å². The number of hydrogen-bond acceptors (Lipinski definition) is 3. The van der Waals surface area contributed by atoms with Gasteiger partial charge >= 0.3 is 0 Å². The molecule has 11 heavy (non-hydrogen) atoms. The Labute approximate surface area is 67.6 Å². The molecule has 0 aromatic rings. The SMILES string of the molecule is CC(C#N)CNC1CC(N)C1. The summed E-state index contributed by atoms with van der Waals surface area (Å²) in [4.78, 5) is 0. The Bertz CT molecular complexity index is 155. The van der Waals surface area contributed by atoms with Crippen LogP contribution < -0.4 is 11.1 Å². The Morgan fingerprint density at radius 1 is 1.73 bits per heavy atom. The lowest BCUT2D eigenvalue weighted by molar-refractivity contribution is 0.287. The molecule has 1 aliphatic carbocycles. The fourth-order valence-corrected chi connectivity index (χ4v) is 1.22. The largest absolute Gasteiger partial charge is 0.328 e. The summed E-state index contributed by atoms with van der Waals surface area (Å²) in [6, 6.07) is 3.15. The summed E-state index contributed by atoms with van der Waals surface area (Å²) >= 11 is 0. The molecule has 1 unspecified atom stereocenters. The zero-order valence-electron chi connectivity index (χ0n) is 6.88. The number of nitrogens with one attached hydrogen (secondary N) is 1. The molecule has 0 heterocycles. The summed E-state index contributed by atoms with van der Waals surface area (Å²) < 4.78 is 0. The van der Waals surface area contributed by atoms with Gasteiger partial charge in [-0.1, -0.05) is 0 Å². The molecule has 0 radical (unpaired) electrons. The van der Waals surface area contributed by atoms with E-state index in [9.17, 15) is 0 Å². The fraction of sp³-hybridized carbons (Fsp3) is 0.875. The van der Waals surface area contributed by atoms with Gasteiger partial charge in [0.15, 0.2) is 0 Å².